The largest absolute Gasteiger partial charge is 0.507 e. The minimum atomic E-state index is -0.160. The standard InChI is InChI=1S/C19H26N2O2/c1-12(2)15-8-16(13(3)4)18(22)17(9-15)19(23)21-7-5-6-14(10-20)11-21/h8-9,12-14,22H,5-7,11H2,1-4H3. The van der Waals surface area contributed by atoms with Crippen molar-refractivity contribution in [3.05, 3.63) is 28.8 Å². The molecule has 124 valence electrons. The Bertz CT molecular complexity index is 629. The third-order valence-corrected chi connectivity index (χ3v) is 4.57. The van der Waals surface area contributed by atoms with E-state index in [0.29, 0.717) is 18.7 Å². The van der Waals surface area contributed by atoms with Crippen molar-refractivity contribution in [3.63, 3.8) is 0 Å². The summed E-state index contributed by atoms with van der Waals surface area (Å²) in [5.41, 5.74) is 2.25. The summed E-state index contributed by atoms with van der Waals surface area (Å²) in [6.07, 6.45) is 1.68. The maximum Gasteiger partial charge on any atom is 0.257 e. The van der Waals surface area contributed by atoms with E-state index in [9.17, 15) is 9.90 Å². The number of hydrogen-bond donors (Lipinski definition) is 1. The van der Waals surface area contributed by atoms with Crippen molar-refractivity contribution in [3.8, 4) is 11.8 Å². The lowest BCUT2D eigenvalue weighted by atomic mass is 9.91. The van der Waals surface area contributed by atoms with E-state index in [1.165, 1.54) is 0 Å². The van der Waals surface area contributed by atoms with Crippen molar-refractivity contribution >= 4 is 5.91 Å². The molecule has 0 bridgehead atoms. The van der Waals surface area contributed by atoms with E-state index in [2.05, 4.69) is 19.9 Å². The SMILES string of the molecule is CC(C)c1cc(C(=O)N2CCCC(C#N)C2)c(O)c(C(C)C)c1. The van der Waals surface area contributed by atoms with Gasteiger partial charge in [-0.1, -0.05) is 33.8 Å². The first-order chi connectivity index (χ1) is 10.8. The van der Waals surface area contributed by atoms with Crippen LogP contribution in [0.1, 0.15) is 73.9 Å². The number of nitriles is 1. The van der Waals surface area contributed by atoms with Crippen molar-refractivity contribution in [2.75, 3.05) is 13.1 Å². The lowest BCUT2D eigenvalue weighted by Crippen LogP contribution is -2.39. The van der Waals surface area contributed by atoms with E-state index in [-0.39, 0.29) is 29.4 Å². The summed E-state index contributed by atoms with van der Waals surface area (Å²) in [6, 6.07) is 6.06. The summed E-state index contributed by atoms with van der Waals surface area (Å²) in [4.78, 5) is 14.6. The Labute approximate surface area is 138 Å². The van der Waals surface area contributed by atoms with Crippen LogP contribution in [-0.2, 0) is 0 Å². The number of likely N-dealkylation sites (tertiary alicyclic amines) is 1. The van der Waals surface area contributed by atoms with Crippen LogP contribution in [0.15, 0.2) is 12.1 Å². The van der Waals surface area contributed by atoms with Crippen LogP contribution >= 0.6 is 0 Å². The molecule has 1 aliphatic rings. The fourth-order valence-electron chi connectivity index (χ4n) is 3.05. The van der Waals surface area contributed by atoms with Gasteiger partial charge in [0.1, 0.15) is 5.75 Å². The van der Waals surface area contributed by atoms with E-state index in [0.717, 1.165) is 24.0 Å². The minimum Gasteiger partial charge on any atom is -0.507 e. The number of carbonyl (C=O) groups is 1. The maximum absolute atomic E-state index is 12.9. The number of hydrogen-bond acceptors (Lipinski definition) is 3. The molecule has 1 unspecified atom stereocenters. The Hall–Kier alpha value is -2.02. The van der Waals surface area contributed by atoms with Crippen LogP contribution in [0, 0.1) is 17.2 Å². The van der Waals surface area contributed by atoms with Gasteiger partial charge in [0.2, 0.25) is 0 Å². The average Bonchev–Trinajstić information content (AvgIpc) is 2.53. The monoisotopic (exact) mass is 314 g/mol. The molecule has 0 aliphatic carbocycles. The first kappa shape index (κ1) is 17.3. The minimum absolute atomic E-state index is 0.0912. The molecule has 0 spiro atoms. The summed E-state index contributed by atoms with van der Waals surface area (Å²) in [6.45, 7) is 9.30. The van der Waals surface area contributed by atoms with E-state index in [1.54, 1.807) is 4.90 Å². The summed E-state index contributed by atoms with van der Waals surface area (Å²) in [5, 5.41) is 19.7. The Kier molecular flexibility index (Phi) is 5.30. The zero-order valence-corrected chi connectivity index (χ0v) is 14.5. The van der Waals surface area contributed by atoms with Gasteiger partial charge in [-0.2, -0.15) is 5.26 Å². The summed E-state index contributed by atoms with van der Waals surface area (Å²) in [7, 11) is 0. The third kappa shape index (κ3) is 3.67. The van der Waals surface area contributed by atoms with Crippen molar-refractivity contribution in [2.24, 2.45) is 5.92 Å². The number of phenols is 1. The van der Waals surface area contributed by atoms with Gasteiger partial charge >= 0.3 is 0 Å². The van der Waals surface area contributed by atoms with Gasteiger partial charge in [-0.25, -0.2) is 0 Å². The van der Waals surface area contributed by atoms with Crippen LogP contribution < -0.4 is 0 Å². The lowest BCUT2D eigenvalue weighted by Gasteiger charge is -2.30. The molecule has 1 N–H and O–H groups in total. The van der Waals surface area contributed by atoms with Crippen LogP contribution in [0.4, 0.5) is 0 Å². The molecule has 0 saturated carbocycles. The van der Waals surface area contributed by atoms with Gasteiger partial charge in [-0.3, -0.25) is 4.79 Å². The summed E-state index contributed by atoms with van der Waals surface area (Å²) < 4.78 is 0. The van der Waals surface area contributed by atoms with Crippen LogP contribution in [0.2, 0.25) is 0 Å². The molecule has 1 amide bonds. The van der Waals surface area contributed by atoms with Crippen LogP contribution in [0.25, 0.3) is 0 Å². The van der Waals surface area contributed by atoms with E-state index >= 15 is 0 Å². The molecule has 1 saturated heterocycles. The second-order valence-corrected chi connectivity index (χ2v) is 7.04. The average molecular weight is 314 g/mol. The highest BCUT2D eigenvalue weighted by molar-refractivity contribution is 5.97. The molecule has 1 aliphatic heterocycles. The van der Waals surface area contributed by atoms with Gasteiger partial charge < -0.3 is 10.0 Å². The van der Waals surface area contributed by atoms with Gasteiger partial charge in [-0.15, -0.1) is 0 Å². The van der Waals surface area contributed by atoms with Crippen LogP contribution in [0.5, 0.6) is 5.75 Å². The van der Waals surface area contributed by atoms with Crippen LogP contribution in [-0.4, -0.2) is 29.0 Å². The number of aromatic hydroxyl groups is 1. The number of phenolic OH excluding ortho intramolecular Hbond substituents is 1. The fourth-order valence-corrected chi connectivity index (χ4v) is 3.05. The van der Waals surface area contributed by atoms with Gasteiger partial charge in [-0.05, 0) is 41.9 Å². The first-order valence-electron chi connectivity index (χ1n) is 8.40. The molecule has 0 aromatic heterocycles. The molecular weight excluding hydrogens is 288 g/mol. The number of amides is 1. The fraction of sp³-hybridized carbons (Fsp3) is 0.579. The number of piperidine rings is 1. The lowest BCUT2D eigenvalue weighted by molar-refractivity contribution is 0.0695. The second-order valence-electron chi connectivity index (χ2n) is 7.04. The Morgan fingerprint density at radius 1 is 1.30 bits per heavy atom. The second kappa shape index (κ2) is 7.04. The molecule has 1 atom stereocenters. The highest BCUT2D eigenvalue weighted by atomic mass is 16.3. The van der Waals surface area contributed by atoms with E-state index in [1.807, 2.05) is 26.0 Å². The van der Waals surface area contributed by atoms with Gasteiger partial charge in [0.15, 0.2) is 0 Å². The Morgan fingerprint density at radius 2 is 2.00 bits per heavy atom. The molecule has 2 rings (SSSR count). The zero-order valence-electron chi connectivity index (χ0n) is 14.5. The predicted molar refractivity (Wildman–Crippen MR) is 90.5 cm³/mol. The molecule has 4 nitrogen and oxygen atoms in total. The van der Waals surface area contributed by atoms with E-state index < -0.39 is 0 Å². The maximum atomic E-state index is 12.9. The highest BCUT2D eigenvalue weighted by Gasteiger charge is 2.27. The molecule has 4 heteroatoms. The summed E-state index contributed by atoms with van der Waals surface area (Å²) in [5.74, 6) is 0.259. The van der Waals surface area contributed by atoms with Gasteiger partial charge in [0.25, 0.3) is 5.91 Å². The Balaban J connectivity index is 2.41. The topological polar surface area (TPSA) is 64.3 Å². The van der Waals surface area contributed by atoms with Crippen molar-refractivity contribution in [1.82, 2.24) is 4.90 Å². The quantitative estimate of drug-likeness (QED) is 0.916. The van der Waals surface area contributed by atoms with Crippen molar-refractivity contribution in [1.29, 1.82) is 5.26 Å². The molecule has 1 aromatic carbocycles. The molecule has 23 heavy (non-hydrogen) atoms. The number of benzene rings is 1. The first-order valence-corrected chi connectivity index (χ1v) is 8.40. The van der Waals surface area contributed by atoms with E-state index in [4.69, 9.17) is 5.26 Å². The van der Waals surface area contributed by atoms with Crippen molar-refractivity contribution < 1.29 is 9.90 Å². The normalized spacial score (nSPS) is 18.3. The third-order valence-electron chi connectivity index (χ3n) is 4.57. The molecule has 1 fully saturated rings. The zero-order chi connectivity index (χ0) is 17.1. The van der Waals surface area contributed by atoms with Crippen LogP contribution in [0.3, 0.4) is 0 Å². The summed E-state index contributed by atoms with van der Waals surface area (Å²) >= 11 is 0. The predicted octanol–water partition coefficient (Wildman–Crippen LogP) is 4.01. The molecule has 0 radical (unpaired) electrons. The molecular formula is C19H26N2O2. The number of rotatable bonds is 3. The number of nitrogens with zero attached hydrogens (tertiary/aromatic N) is 2. The van der Waals surface area contributed by atoms with Gasteiger partial charge in [0.05, 0.1) is 17.6 Å². The number of carbonyl (C=O) groups excluding carboxylic acids is 1. The highest BCUT2D eigenvalue weighted by Crippen LogP contribution is 2.34. The molecule has 1 heterocycles. The smallest absolute Gasteiger partial charge is 0.257 e. The molecule has 1 aromatic rings. The van der Waals surface area contributed by atoms with Crippen molar-refractivity contribution in [2.45, 2.75) is 52.4 Å². The van der Waals surface area contributed by atoms with Gasteiger partial charge in [0, 0.05) is 13.1 Å². The Morgan fingerprint density at radius 3 is 2.57 bits per heavy atom.